The summed E-state index contributed by atoms with van der Waals surface area (Å²) in [5, 5.41) is 2.60. The van der Waals surface area contributed by atoms with E-state index in [1.807, 2.05) is 38.1 Å². The first kappa shape index (κ1) is 19.3. The summed E-state index contributed by atoms with van der Waals surface area (Å²) in [5.74, 6) is 0.337. The van der Waals surface area contributed by atoms with Crippen LogP contribution < -0.4 is 15.0 Å². The van der Waals surface area contributed by atoms with Gasteiger partial charge in [0.2, 0.25) is 0 Å². The van der Waals surface area contributed by atoms with Crippen molar-refractivity contribution in [3.05, 3.63) is 54.1 Å². The van der Waals surface area contributed by atoms with Gasteiger partial charge >= 0.3 is 12.2 Å². The van der Waals surface area contributed by atoms with Crippen molar-refractivity contribution in [1.82, 2.24) is 0 Å². The van der Waals surface area contributed by atoms with Gasteiger partial charge in [0.15, 0.2) is 0 Å². The van der Waals surface area contributed by atoms with Crippen LogP contribution in [0.15, 0.2) is 48.5 Å². The molecule has 6 heteroatoms. The van der Waals surface area contributed by atoms with E-state index in [9.17, 15) is 9.59 Å². The number of benzene rings is 2. The van der Waals surface area contributed by atoms with Gasteiger partial charge in [-0.15, -0.1) is 0 Å². The highest BCUT2D eigenvalue weighted by atomic mass is 16.6. The van der Waals surface area contributed by atoms with E-state index in [4.69, 9.17) is 9.47 Å². The second-order valence-corrected chi connectivity index (χ2v) is 6.06. The SMILES string of the molecule is CCN(C(=O)Oc1cccc(NC(=O)OC(C)C)c1)c1cccc(C)c1. The van der Waals surface area contributed by atoms with Crippen LogP contribution in [0.2, 0.25) is 0 Å². The Kier molecular flexibility index (Phi) is 6.60. The van der Waals surface area contributed by atoms with Crippen LogP contribution in [0, 0.1) is 6.92 Å². The predicted molar refractivity (Wildman–Crippen MR) is 102 cm³/mol. The van der Waals surface area contributed by atoms with Gasteiger partial charge in [0, 0.05) is 24.0 Å². The zero-order valence-corrected chi connectivity index (χ0v) is 15.5. The van der Waals surface area contributed by atoms with E-state index < -0.39 is 12.2 Å². The normalized spacial score (nSPS) is 10.3. The molecule has 138 valence electrons. The summed E-state index contributed by atoms with van der Waals surface area (Å²) in [6.07, 6.45) is -1.26. The van der Waals surface area contributed by atoms with Gasteiger partial charge in [0.25, 0.3) is 0 Å². The molecule has 2 amide bonds. The van der Waals surface area contributed by atoms with Gasteiger partial charge in [0.1, 0.15) is 5.75 Å². The van der Waals surface area contributed by atoms with Gasteiger partial charge in [-0.25, -0.2) is 9.59 Å². The number of anilines is 2. The summed E-state index contributed by atoms with van der Waals surface area (Å²) >= 11 is 0. The lowest BCUT2D eigenvalue weighted by atomic mass is 10.2. The van der Waals surface area contributed by atoms with Gasteiger partial charge < -0.3 is 9.47 Å². The van der Waals surface area contributed by atoms with Crippen LogP contribution in [0.3, 0.4) is 0 Å². The lowest BCUT2D eigenvalue weighted by Crippen LogP contribution is -2.33. The van der Waals surface area contributed by atoms with Crippen molar-refractivity contribution in [3.8, 4) is 5.75 Å². The molecule has 0 spiro atoms. The molecular weight excluding hydrogens is 332 g/mol. The Hall–Kier alpha value is -3.02. The molecule has 0 atom stereocenters. The van der Waals surface area contributed by atoms with Gasteiger partial charge in [-0.3, -0.25) is 10.2 Å². The van der Waals surface area contributed by atoms with Crippen molar-refractivity contribution in [2.45, 2.75) is 33.8 Å². The Morgan fingerprint density at radius 2 is 1.85 bits per heavy atom. The Bertz CT molecular complexity index is 774. The van der Waals surface area contributed by atoms with E-state index in [0.29, 0.717) is 18.0 Å². The standard InChI is InChI=1S/C20H24N2O4/c1-5-22(17-10-6-8-15(4)12-17)20(24)26-18-11-7-9-16(13-18)21-19(23)25-14(2)3/h6-14H,5H2,1-4H3,(H,21,23). The lowest BCUT2D eigenvalue weighted by molar-refractivity contribution is 0.130. The molecule has 0 unspecified atom stereocenters. The molecule has 2 aromatic rings. The van der Waals surface area contributed by atoms with Gasteiger partial charge in [-0.1, -0.05) is 18.2 Å². The van der Waals surface area contributed by atoms with E-state index in [0.717, 1.165) is 11.3 Å². The Balaban J connectivity index is 2.08. The lowest BCUT2D eigenvalue weighted by Gasteiger charge is -2.21. The molecule has 0 aliphatic carbocycles. The van der Waals surface area contributed by atoms with Crippen LogP contribution >= 0.6 is 0 Å². The van der Waals surface area contributed by atoms with E-state index in [-0.39, 0.29) is 6.10 Å². The third-order valence-electron chi connectivity index (χ3n) is 3.48. The largest absolute Gasteiger partial charge is 0.447 e. The van der Waals surface area contributed by atoms with Crippen molar-refractivity contribution in [2.24, 2.45) is 0 Å². The summed E-state index contributed by atoms with van der Waals surface area (Å²) in [7, 11) is 0. The molecule has 26 heavy (non-hydrogen) atoms. The molecule has 0 radical (unpaired) electrons. The minimum atomic E-state index is -0.557. The topological polar surface area (TPSA) is 67.9 Å². The quantitative estimate of drug-likeness (QED) is 0.820. The maximum absolute atomic E-state index is 12.5. The van der Waals surface area contributed by atoms with Crippen molar-refractivity contribution in [3.63, 3.8) is 0 Å². The second kappa shape index (κ2) is 8.89. The molecule has 0 heterocycles. The fourth-order valence-corrected chi connectivity index (χ4v) is 2.37. The van der Waals surface area contributed by atoms with E-state index >= 15 is 0 Å². The van der Waals surface area contributed by atoms with Crippen LogP contribution in [-0.2, 0) is 4.74 Å². The number of carbonyl (C=O) groups is 2. The average molecular weight is 356 g/mol. The third kappa shape index (κ3) is 5.51. The van der Waals surface area contributed by atoms with Crippen molar-refractivity contribution in [2.75, 3.05) is 16.8 Å². The van der Waals surface area contributed by atoms with E-state index in [1.165, 1.54) is 0 Å². The number of rotatable bonds is 5. The Labute approximate surface area is 153 Å². The average Bonchev–Trinajstić information content (AvgIpc) is 2.55. The van der Waals surface area contributed by atoms with Crippen molar-refractivity contribution < 1.29 is 19.1 Å². The molecular formula is C20H24N2O4. The predicted octanol–water partition coefficient (Wildman–Crippen LogP) is 4.98. The summed E-state index contributed by atoms with van der Waals surface area (Å²) in [6, 6.07) is 14.2. The Morgan fingerprint density at radius 3 is 2.50 bits per heavy atom. The molecule has 0 saturated heterocycles. The minimum Gasteiger partial charge on any atom is -0.447 e. The number of hydrogen-bond donors (Lipinski definition) is 1. The number of hydrogen-bond acceptors (Lipinski definition) is 4. The smallest absolute Gasteiger partial charge is 0.419 e. The van der Waals surface area contributed by atoms with Crippen LogP contribution in [0.5, 0.6) is 5.75 Å². The number of amides is 2. The summed E-state index contributed by atoms with van der Waals surface area (Å²) in [4.78, 5) is 25.7. The van der Waals surface area contributed by atoms with Crippen LogP contribution in [0.25, 0.3) is 0 Å². The third-order valence-corrected chi connectivity index (χ3v) is 3.48. The zero-order valence-electron chi connectivity index (χ0n) is 15.5. The van der Waals surface area contributed by atoms with Crippen molar-refractivity contribution >= 4 is 23.6 Å². The summed E-state index contributed by atoms with van der Waals surface area (Å²) in [6.45, 7) is 7.85. The number of carbonyl (C=O) groups excluding carboxylic acids is 2. The number of ether oxygens (including phenoxy) is 2. The number of aryl methyl sites for hydroxylation is 1. The van der Waals surface area contributed by atoms with E-state index in [2.05, 4.69) is 5.32 Å². The fraction of sp³-hybridized carbons (Fsp3) is 0.300. The summed E-state index contributed by atoms with van der Waals surface area (Å²) < 4.78 is 10.5. The second-order valence-electron chi connectivity index (χ2n) is 6.06. The molecule has 6 nitrogen and oxygen atoms in total. The molecule has 2 rings (SSSR count). The molecule has 0 aromatic heterocycles. The first-order valence-electron chi connectivity index (χ1n) is 8.52. The van der Waals surface area contributed by atoms with Gasteiger partial charge in [-0.05, 0) is 57.5 Å². The molecule has 2 aromatic carbocycles. The molecule has 0 saturated carbocycles. The van der Waals surface area contributed by atoms with Crippen LogP contribution in [-0.4, -0.2) is 24.8 Å². The Morgan fingerprint density at radius 1 is 1.12 bits per heavy atom. The minimum absolute atomic E-state index is 0.219. The maximum Gasteiger partial charge on any atom is 0.419 e. The monoisotopic (exact) mass is 356 g/mol. The van der Waals surface area contributed by atoms with Crippen molar-refractivity contribution in [1.29, 1.82) is 0 Å². The van der Waals surface area contributed by atoms with Gasteiger partial charge in [-0.2, -0.15) is 0 Å². The number of nitrogens with zero attached hydrogens (tertiary/aromatic N) is 1. The van der Waals surface area contributed by atoms with Gasteiger partial charge in [0.05, 0.1) is 6.10 Å². The number of nitrogens with one attached hydrogen (secondary N) is 1. The molecule has 0 aliphatic heterocycles. The first-order chi connectivity index (χ1) is 12.4. The molecule has 0 fully saturated rings. The highest BCUT2D eigenvalue weighted by Gasteiger charge is 2.17. The van der Waals surface area contributed by atoms with Crippen LogP contribution in [0.1, 0.15) is 26.3 Å². The maximum atomic E-state index is 12.5. The highest BCUT2D eigenvalue weighted by molar-refractivity contribution is 5.89. The van der Waals surface area contributed by atoms with E-state index in [1.54, 1.807) is 43.0 Å². The highest BCUT2D eigenvalue weighted by Crippen LogP contribution is 2.21. The van der Waals surface area contributed by atoms with Crippen LogP contribution in [0.4, 0.5) is 21.0 Å². The first-order valence-corrected chi connectivity index (χ1v) is 8.52. The molecule has 0 bridgehead atoms. The zero-order chi connectivity index (χ0) is 19.1. The molecule has 0 aliphatic rings. The molecule has 1 N–H and O–H groups in total. The fourth-order valence-electron chi connectivity index (χ4n) is 2.37. The summed E-state index contributed by atoms with van der Waals surface area (Å²) in [5.41, 5.74) is 2.32.